The minimum absolute atomic E-state index is 0.119. The predicted molar refractivity (Wildman–Crippen MR) is 115 cm³/mol. The summed E-state index contributed by atoms with van der Waals surface area (Å²) in [4.78, 5) is 24.0. The number of anilines is 2. The third-order valence-corrected chi connectivity index (χ3v) is 4.26. The first-order chi connectivity index (χ1) is 14.1. The fraction of sp³-hybridized carbons (Fsp3) is 0.0909. The molecule has 2 amide bonds. The summed E-state index contributed by atoms with van der Waals surface area (Å²) in [6, 6.07) is 23.2. The zero-order valence-electron chi connectivity index (χ0n) is 15.4. The molecule has 29 heavy (non-hydrogen) atoms. The van der Waals surface area contributed by atoms with Crippen LogP contribution in [0.4, 0.5) is 11.4 Å². The van der Waals surface area contributed by atoms with Crippen molar-refractivity contribution in [3.8, 4) is 11.5 Å². The number of carbonyl (C=O) groups is 2. The largest absolute Gasteiger partial charge is 0.484 e. The normalized spacial score (nSPS) is 10.1. The Labute approximate surface area is 177 Å². The second-order valence-electron chi connectivity index (χ2n) is 6.02. The van der Waals surface area contributed by atoms with Gasteiger partial charge in [-0.05, 0) is 48.5 Å². The van der Waals surface area contributed by atoms with Gasteiger partial charge in [-0.25, -0.2) is 0 Å². The van der Waals surface area contributed by atoms with Gasteiger partial charge >= 0.3 is 0 Å². The minimum atomic E-state index is -0.299. The van der Waals surface area contributed by atoms with Crippen LogP contribution in [0.3, 0.4) is 0 Å². The van der Waals surface area contributed by atoms with Gasteiger partial charge in [0.2, 0.25) is 0 Å². The lowest BCUT2D eigenvalue weighted by molar-refractivity contribution is -0.118. The second-order valence-corrected chi connectivity index (χ2v) is 6.94. The quantitative estimate of drug-likeness (QED) is 0.525. The van der Waals surface area contributed by atoms with Crippen molar-refractivity contribution in [2.24, 2.45) is 0 Å². The molecule has 0 atom stereocenters. The minimum Gasteiger partial charge on any atom is -0.484 e. The van der Waals surface area contributed by atoms with Crippen LogP contribution in [0.25, 0.3) is 0 Å². The molecule has 0 heterocycles. The van der Waals surface area contributed by atoms with E-state index in [0.29, 0.717) is 22.9 Å². The van der Waals surface area contributed by atoms with Gasteiger partial charge < -0.3 is 20.1 Å². The Morgan fingerprint density at radius 1 is 0.690 bits per heavy atom. The lowest BCUT2D eigenvalue weighted by Crippen LogP contribution is -2.21. The molecule has 6 nitrogen and oxygen atoms in total. The summed E-state index contributed by atoms with van der Waals surface area (Å²) in [5.74, 6) is 0.505. The molecule has 3 aromatic rings. The van der Waals surface area contributed by atoms with E-state index in [4.69, 9.17) is 9.47 Å². The van der Waals surface area contributed by atoms with Crippen LogP contribution in [0.5, 0.6) is 11.5 Å². The first-order valence-corrected chi connectivity index (χ1v) is 9.64. The van der Waals surface area contributed by atoms with E-state index in [9.17, 15) is 9.59 Å². The van der Waals surface area contributed by atoms with E-state index in [1.807, 2.05) is 30.3 Å². The van der Waals surface area contributed by atoms with Crippen molar-refractivity contribution >= 4 is 39.1 Å². The zero-order chi connectivity index (χ0) is 20.5. The molecule has 0 aliphatic rings. The second kappa shape index (κ2) is 10.3. The van der Waals surface area contributed by atoms with Gasteiger partial charge in [-0.2, -0.15) is 0 Å². The van der Waals surface area contributed by atoms with Crippen LogP contribution in [0.1, 0.15) is 0 Å². The topological polar surface area (TPSA) is 76.7 Å². The van der Waals surface area contributed by atoms with Crippen LogP contribution in [-0.2, 0) is 9.59 Å². The number of carbonyl (C=O) groups excluding carboxylic acids is 2. The van der Waals surface area contributed by atoms with E-state index >= 15 is 0 Å². The van der Waals surface area contributed by atoms with Crippen LogP contribution in [0, 0.1) is 0 Å². The number of para-hydroxylation sites is 1. The number of hydrogen-bond acceptors (Lipinski definition) is 4. The zero-order valence-corrected chi connectivity index (χ0v) is 17.0. The average molecular weight is 455 g/mol. The molecular weight excluding hydrogens is 436 g/mol. The standard InChI is InChI=1S/C22H19BrN2O4/c23-16-9-11-19(12-10-16)28-14-22(27)25-18-7-4-8-20(13-18)29-15-21(26)24-17-5-2-1-3-6-17/h1-13H,14-15H2,(H,24,26)(H,25,27). The van der Waals surface area contributed by atoms with Crippen molar-refractivity contribution in [3.05, 3.63) is 83.3 Å². The molecule has 0 bridgehead atoms. The van der Waals surface area contributed by atoms with Gasteiger partial charge in [0.15, 0.2) is 13.2 Å². The van der Waals surface area contributed by atoms with E-state index in [2.05, 4.69) is 26.6 Å². The maximum atomic E-state index is 12.1. The molecule has 0 saturated carbocycles. The summed E-state index contributed by atoms with van der Waals surface area (Å²) in [5, 5.41) is 5.48. The highest BCUT2D eigenvalue weighted by Crippen LogP contribution is 2.18. The van der Waals surface area contributed by atoms with Gasteiger partial charge in [-0.15, -0.1) is 0 Å². The Kier molecular flexibility index (Phi) is 7.24. The van der Waals surface area contributed by atoms with Gasteiger partial charge in [-0.3, -0.25) is 9.59 Å². The molecule has 0 unspecified atom stereocenters. The Morgan fingerprint density at radius 3 is 1.97 bits per heavy atom. The van der Waals surface area contributed by atoms with Gasteiger partial charge in [0.05, 0.1) is 0 Å². The van der Waals surface area contributed by atoms with Crippen molar-refractivity contribution in [3.63, 3.8) is 0 Å². The number of hydrogen-bond donors (Lipinski definition) is 2. The summed E-state index contributed by atoms with van der Waals surface area (Å²) in [6.07, 6.45) is 0. The summed E-state index contributed by atoms with van der Waals surface area (Å²) in [5.41, 5.74) is 1.25. The van der Waals surface area contributed by atoms with Gasteiger partial charge in [0.1, 0.15) is 11.5 Å². The van der Waals surface area contributed by atoms with Gasteiger partial charge in [0, 0.05) is 21.9 Å². The van der Waals surface area contributed by atoms with E-state index in [1.54, 1.807) is 48.5 Å². The van der Waals surface area contributed by atoms with Crippen LogP contribution >= 0.6 is 15.9 Å². The molecular formula is C22H19BrN2O4. The highest BCUT2D eigenvalue weighted by Gasteiger charge is 2.07. The van der Waals surface area contributed by atoms with Crippen LogP contribution in [-0.4, -0.2) is 25.0 Å². The molecule has 0 fully saturated rings. The van der Waals surface area contributed by atoms with Crippen molar-refractivity contribution < 1.29 is 19.1 Å². The average Bonchev–Trinajstić information content (AvgIpc) is 2.73. The fourth-order valence-electron chi connectivity index (χ4n) is 2.41. The molecule has 0 spiro atoms. The lowest BCUT2D eigenvalue weighted by Gasteiger charge is -2.10. The summed E-state index contributed by atoms with van der Waals surface area (Å²) < 4.78 is 11.9. The molecule has 3 rings (SSSR count). The highest BCUT2D eigenvalue weighted by atomic mass is 79.9. The number of nitrogens with one attached hydrogen (secondary N) is 2. The first-order valence-electron chi connectivity index (χ1n) is 8.84. The SMILES string of the molecule is O=C(COc1ccc(Br)cc1)Nc1cccc(OCC(=O)Nc2ccccc2)c1. The Bertz CT molecular complexity index is 962. The smallest absolute Gasteiger partial charge is 0.262 e. The predicted octanol–water partition coefficient (Wildman–Crippen LogP) is 4.48. The molecule has 148 valence electrons. The molecule has 7 heteroatoms. The monoisotopic (exact) mass is 454 g/mol. The number of halogens is 1. The van der Waals surface area contributed by atoms with E-state index in [1.165, 1.54) is 0 Å². The van der Waals surface area contributed by atoms with Crippen LogP contribution < -0.4 is 20.1 Å². The molecule has 2 N–H and O–H groups in total. The lowest BCUT2D eigenvalue weighted by atomic mass is 10.3. The molecule has 0 aliphatic carbocycles. The highest BCUT2D eigenvalue weighted by molar-refractivity contribution is 9.10. The van der Waals surface area contributed by atoms with Crippen LogP contribution in [0.2, 0.25) is 0 Å². The molecule has 0 aromatic heterocycles. The number of amides is 2. The Balaban J connectivity index is 1.46. The number of rotatable bonds is 8. The summed E-state index contributed by atoms with van der Waals surface area (Å²) >= 11 is 3.34. The Hall–Kier alpha value is -3.32. The first kappa shape index (κ1) is 20.4. The third kappa shape index (κ3) is 6.97. The van der Waals surface area contributed by atoms with Crippen molar-refractivity contribution in [2.45, 2.75) is 0 Å². The molecule has 0 aliphatic heterocycles. The van der Waals surface area contributed by atoms with E-state index < -0.39 is 0 Å². The van der Waals surface area contributed by atoms with Gasteiger partial charge in [-0.1, -0.05) is 40.2 Å². The van der Waals surface area contributed by atoms with Crippen molar-refractivity contribution in [1.82, 2.24) is 0 Å². The summed E-state index contributed by atoms with van der Waals surface area (Å²) in [7, 11) is 0. The molecule has 0 saturated heterocycles. The van der Waals surface area contributed by atoms with Gasteiger partial charge in [0.25, 0.3) is 11.8 Å². The summed E-state index contributed by atoms with van der Waals surface area (Å²) in [6.45, 7) is -0.259. The van der Waals surface area contributed by atoms with Crippen LogP contribution in [0.15, 0.2) is 83.3 Å². The maximum Gasteiger partial charge on any atom is 0.262 e. The fourth-order valence-corrected chi connectivity index (χ4v) is 2.67. The molecule has 0 radical (unpaired) electrons. The number of benzene rings is 3. The van der Waals surface area contributed by atoms with E-state index in [0.717, 1.165) is 4.47 Å². The van der Waals surface area contributed by atoms with Crippen molar-refractivity contribution in [2.75, 3.05) is 23.8 Å². The molecule has 3 aromatic carbocycles. The maximum absolute atomic E-state index is 12.1. The van der Waals surface area contributed by atoms with Crippen molar-refractivity contribution in [1.29, 1.82) is 0 Å². The number of ether oxygens (including phenoxy) is 2. The Morgan fingerprint density at radius 2 is 1.28 bits per heavy atom. The van der Waals surface area contributed by atoms with E-state index in [-0.39, 0.29) is 25.0 Å². The third-order valence-electron chi connectivity index (χ3n) is 3.73.